The molecule has 0 bridgehead atoms. The molecule has 2 radical (unpaired) electrons. The molecule has 1 aliphatic rings. The van der Waals surface area contributed by atoms with Gasteiger partial charge in [-0.2, -0.15) is 0 Å². The molecule has 5 heteroatoms. The summed E-state index contributed by atoms with van der Waals surface area (Å²) in [7, 11) is 5.11. The summed E-state index contributed by atoms with van der Waals surface area (Å²) in [6.45, 7) is 7.06. The normalized spacial score (nSPS) is 31.6. The molecular weight excluding hydrogens is 215 g/mol. The lowest BCUT2D eigenvalue weighted by molar-refractivity contribution is -0.111. The summed E-state index contributed by atoms with van der Waals surface area (Å²) in [5.74, 6) is -0.491. The molecule has 94 valence electrons. The number of nitrogens with one attached hydrogen (secondary N) is 2. The Kier molecular flexibility index (Phi) is 4.23. The lowest BCUT2D eigenvalue weighted by atomic mass is 9.62. The van der Waals surface area contributed by atoms with E-state index in [9.17, 15) is 9.59 Å². The maximum Gasteiger partial charge on any atom is 0.207 e. The van der Waals surface area contributed by atoms with Crippen LogP contribution >= 0.6 is 0 Å². The number of hydrogen-bond donors (Lipinski definition) is 2. The van der Waals surface area contributed by atoms with Crippen molar-refractivity contribution in [2.75, 3.05) is 6.54 Å². The summed E-state index contributed by atoms with van der Waals surface area (Å²) in [4.78, 5) is 21.4. The van der Waals surface area contributed by atoms with Gasteiger partial charge in [-0.25, -0.2) is 0 Å². The third-order valence-corrected chi connectivity index (χ3v) is 3.44. The van der Waals surface area contributed by atoms with Crippen molar-refractivity contribution in [3.05, 3.63) is 0 Å². The first kappa shape index (κ1) is 14.1. The topological polar surface area (TPSA) is 58.2 Å². The van der Waals surface area contributed by atoms with E-state index in [1.807, 2.05) is 0 Å². The summed E-state index contributed by atoms with van der Waals surface area (Å²) in [6, 6.07) is 0.177. The van der Waals surface area contributed by atoms with E-state index in [1.165, 1.54) is 0 Å². The molecule has 1 aliphatic carbocycles. The number of carbonyl (C=O) groups is 2. The Morgan fingerprint density at radius 1 is 1.41 bits per heavy atom. The average molecular weight is 236 g/mol. The standard InChI is InChI=1S/C12H21BN2O2/c1-11(2)4-9(15-8-16)5-12(3,6-11)7-14-10(13)17/h8-9H,4-7H2,1-3H3,(H,14,17)(H,15,16). The van der Waals surface area contributed by atoms with Crippen LogP contribution in [0.3, 0.4) is 0 Å². The molecule has 0 spiro atoms. The van der Waals surface area contributed by atoms with Gasteiger partial charge in [0.05, 0.1) is 0 Å². The number of rotatable bonds is 4. The highest BCUT2D eigenvalue weighted by Crippen LogP contribution is 2.45. The molecule has 0 aromatic heterocycles. The van der Waals surface area contributed by atoms with Gasteiger partial charge in [-0.3, -0.25) is 9.59 Å². The number of carbonyl (C=O) groups excluding carboxylic acids is 2. The van der Waals surface area contributed by atoms with Crippen molar-refractivity contribution in [2.24, 2.45) is 10.8 Å². The summed E-state index contributed by atoms with van der Waals surface area (Å²) in [5, 5.41) is 5.54. The van der Waals surface area contributed by atoms with Crippen LogP contribution in [0, 0.1) is 10.8 Å². The van der Waals surface area contributed by atoms with E-state index >= 15 is 0 Å². The Morgan fingerprint density at radius 3 is 2.59 bits per heavy atom. The molecule has 0 heterocycles. The second-order valence-electron chi connectivity index (χ2n) is 6.26. The molecule has 1 fully saturated rings. The molecule has 0 saturated heterocycles. The Balaban J connectivity index is 2.69. The molecule has 0 aromatic rings. The van der Waals surface area contributed by atoms with Gasteiger partial charge in [0, 0.05) is 12.6 Å². The minimum atomic E-state index is -0.491. The first-order chi connectivity index (χ1) is 7.76. The molecule has 4 nitrogen and oxygen atoms in total. The van der Waals surface area contributed by atoms with E-state index in [0.29, 0.717) is 6.54 Å². The molecule has 1 saturated carbocycles. The Bertz CT molecular complexity index is 307. The van der Waals surface area contributed by atoms with Gasteiger partial charge < -0.3 is 10.6 Å². The summed E-state index contributed by atoms with van der Waals surface area (Å²) in [5.41, 5.74) is 0.143. The highest BCUT2D eigenvalue weighted by Gasteiger charge is 2.41. The highest BCUT2D eigenvalue weighted by atomic mass is 16.1. The fourth-order valence-corrected chi connectivity index (χ4v) is 3.28. The van der Waals surface area contributed by atoms with Crippen molar-refractivity contribution in [2.45, 2.75) is 46.1 Å². The van der Waals surface area contributed by atoms with Crippen LogP contribution in [-0.4, -0.2) is 32.6 Å². The van der Waals surface area contributed by atoms with Crippen molar-refractivity contribution in [1.29, 1.82) is 0 Å². The Morgan fingerprint density at radius 2 is 2.06 bits per heavy atom. The number of hydrogen-bond acceptors (Lipinski definition) is 2. The van der Waals surface area contributed by atoms with Crippen molar-refractivity contribution < 1.29 is 9.59 Å². The van der Waals surface area contributed by atoms with Gasteiger partial charge in [0.15, 0.2) is 13.7 Å². The minimum Gasteiger partial charge on any atom is -0.365 e. The molecule has 0 aliphatic heterocycles. The number of amides is 2. The predicted octanol–water partition coefficient (Wildman–Crippen LogP) is 1.20. The van der Waals surface area contributed by atoms with Crippen molar-refractivity contribution >= 4 is 20.1 Å². The maximum absolute atomic E-state index is 10.8. The molecule has 2 N–H and O–H groups in total. The van der Waals surface area contributed by atoms with Crippen LogP contribution in [0.5, 0.6) is 0 Å². The second-order valence-corrected chi connectivity index (χ2v) is 6.26. The van der Waals surface area contributed by atoms with E-state index < -0.39 is 5.81 Å². The Hall–Kier alpha value is -0.995. The first-order valence-corrected chi connectivity index (χ1v) is 5.99. The zero-order valence-corrected chi connectivity index (χ0v) is 10.9. The van der Waals surface area contributed by atoms with Crippen LogP contribution in [0.1, 0.15) is 40.0 Å². The zero-order chi connectivity index (χ0) is 13.1. The fraction of sp³-hybridized carbons (Fsp3) is 0.833. The molecule has 2 unspecified atom stereocenters. The van der Waals surface area contributed by atoms with Gasteiger partial charge >= 0.3 is 0 Å². The third-order valence-electron chi connectivity index (χ3n) is 3.44. The SMILES string of the molecule is [B]C(=O)NCC1(C)CC(NC=O)CC(C)(C)C1. The molecule has 2 amide bonds. The van der Waals surface area contributed by atoms with Crippen LogP contribution in [0.15, 0.2) is 0 Å². The summed E-state index contributed by atoms with van der Waals surface area (Å²) in [6.07, 6.45) is 3.61. The van der Waals surface area contributed by atoms with Crippen LogP contribution in [0.25, 0.3) is 0 Å². The van der Waals surface area contributed by atoms with Gasteiger partial charge in [0.1, 0.15) is 0 Å². The Labute approximate surface area is 104 Å². The zero-order valence-electron chi connectivity index (χ0n) is 10.9. The van der Waals surface area contributed by atoms with Crippen molar-refractivity contribution in [1.82, 2.24) is 10.6 Å². The molecule has 1 rings (SSSR count). The highest BCUT2D eigenvalue weighted by molar-refractivity contribution is 6.57. The maximum atomic E-state index is 10.8. The fourth-order valence-electron chi connectivity index (χ4n) is 3.28. The van der Waals surface area contributed by atoms with Gasteiger partial charge in [0.25, 0.3) is 0 Å². The molecule has 2 atom stereocenters. The first-order valence-electron chi connectivity index (χ1n) is 5.99. The van der Waals surface area contributed by atoms with Crippen LogP contribution in [0.4, 0.5) is 4.79 Å². The smallest absolute Gasteiger partial charge is 0.207 e. The largest absolute Gasteiger partial charge is 0.365 e. The van der Waals surface area contributed by atoms with Crippen LogP contribution < -0.4 is 10.6 Å². The molecular formula is C12H21BN2O2. The van der Waals surface area contributed by atoms with Crippen molar-refractivity contribution in [3.8, 4) is 0 Å². The van der Waals surface area contributed by atoms with Crippen molar-refractivity contribution in [3.63, 3.8) is 0 Å². The molecule has 0 aromatic carbocycles. The van der Waals surface area contributed by atoms with E-state index in [4.69, 9.17) is 7.85 Å². The van der Waals surface area contributed by atoms with Gasteiger partial charge in [-0.1, -0.05) is 20.8 Å². The van der Waals surface area contributed by atoms with Crippen LogP contribution in [-0.2, 0) is 4.79 Å². The molecule has 17 heavy (non-hydrogen) atoms. The van der Waals surface area contributed by atoms with E-state index in [0.717, 1.165) is 25.7 Å². The van der Waals surface area contributed by atoms with E-state index in [-0.39, 0.29) is 16.9 Å². The van der Waals surface area contributed by atoms with Gasteiger partial charge in [-0.15, -0.1) is 0 Å². The van der Waals surface area contributed by atoms with E-state index in [1.54, 1.807) is 0 Å². The second kappa shape index (κ2) is 5.11. The van der Waals surface area contributed by atoms with Gasteiger partial charge in [0.2, 0.25) is 6.41 Å². The van der Waals surface area contributed by atoms with Gasteiger partial charge in [-0.05, 0) is 30.1 Å². The summed E-state index contributed by atoms with van der Waals surface area (Å²) >= 11 is 0. The lowest BCUT2D eigenvalue weighted by Gasteiger charge is -2.46. The minimum absolute atomic E-state index is 0.0164. The predicted molar refractivity (Wildman–Crippen MR) is 67.9 cm³/mol. The summed E-state index contributed by atoms with van der Waals surface area (Å²) < 4.78 is 0. The average Bonchev–Trinajstić information content (AvgIpc) is 2.12. The van der Waals surface area contributed by atoms with Crippen LogP contribution in [0.2, 0.25) is 0 Å². The third kappa shape index (κ3) is 4.40. The van der Waals surface area contributed by atoms with E-state index in [2.05, 4.69) is 31.4 Å². The monoisotopic (exact) mass is 236 g/mol. The lowest BCUT2D eigenvalue weighted by Crippen LogP contribution is -2.48. The quantitative estimate of drug-likeness (QED) is 0.569.